The summed E-state index contributed by atoms with van der Waals surface area (Å²) < 4.78 is 0. The highest BCUT2D eigenvalue weighted by atomic mass is 16.1. The van der Waals surface area contributed by atoms with E-state index in [-0.39, 0.29) is 5.91 Å². The van der Waals surface area contributed by atoms with Gasteiger partial charge in [0.05, 0.1) is 0 Å². The minimum atomic E-state index is 0.115. The first-order chi connectivity index (χ1) is 10.2. The van der Waals surface area contributed by atoms with E-state index in [1.165, 1.54) is 19.3 Å². The standard InChI is InChI=1S/C15H25N5O/c1-20(2)15-14(17-10-11-18-15)16-9-8-13(21)19-12-6-4-3-5-7-12/h10-12H,3-9H2,1-2H3,(H,16,17)(H,19,21). The van der Waals surface area contributed by atoms with E-state index in [1.807, 2.05) is 19.0 Å². The summed E-state index contributed by atoms with van der Waals surface area (Å²) in [4.78, 5) is 22.4. The molecular weight excluding hydrogens is 266 g/mol. The Morgan fingerprint density at radius 3 is 2.67 bits per heavy atom. The molecule has 6 nitrogen and oxygen atoms in total. The monoisotopic (exact) mass is 291 g/mol. The van der Waals surface area contributed by atoms with Crippen LogP contribution < -0.4 is 15.5 Å². The Bertz CT molecular complexity index is 457. The lowest BCUT2D eigenvalue weighted by Crippen LogP contribution is -2.36. The molecule has 1 aromatic rings. The summed E-state index contributed by atoms with van der Waals surface area (Å²) in [6, 6.07) is 0.375. The van der Waals surface area contributed by atoms with Crippen LogP contribution in [0.3, 0.4) is 0 Å². The van der Waals surface area contributed by atoms with E-state index in [1.54, 1.807) is 12.4 Å². The van der Waals surface area contributed by atoms with Crippen LogP contribution in [-0.4, -0.2) is 42.6 Å². The highest BCUT2D eigenvalue weighted by molar-refractivity contribution is 5.77. The van der Waals surface area contributed by atoms with E-state index in [2.05, 4.69) is 20.6 Å². The van der Waals surface area contributed by atoms with Crippen LogP contribution in [0.1, 0.15) is 38.5 Å². The van der Waals surface area contributed by atoms with Crippen LogP contribution in [0.25, 0.3) is 0 Å². The topological polar surface area (TPSA) is 70.2 Å². The molecule has 2 rings (SSSR count). The van der Waals surface area contributed by atoms with Crippen molar-refractivity contribution in [1.82, 2.24) is 15.3 Å². The van der Waals surface area contributed by atoms with Gasteiger partial charge in [-0.25, -0.2) is 9.97 Å². The quantitative estimate of drug-likeness (QED) is 0.836. The zero-order valence-corrected chi connectivity index (χ0v) is 12.9. The Labute approximate surface area is 126 Å². The van der Waals surface area contributed by atoms with E-state index in [9.17, 15) is 4.79 Å². The van der Waals surface area contributed by atoms with E-state index in [4.69, 9.17) is 0 Å². The number of nitrogens with zero attached hydrogens (tertiary/aromatic N) is 3. The second-order valence-electron chi connectivity index (χ2n) is 5.70. The zero-order valence-electron chi connectivity index (χ0n) is 12.9. The van der Waals surface area contributed by atoms with Crippen LogP contribution in [0.5, 0.6) is 0 Å². The van der Waals surface area contributed by atoms with Crippen LogP contribution in [-0.2, 0) is 4.79 Å². The molecule has 116 valence electrons. The average Bonchev–Trinajstić information content (AvgIpc) is 2.48. The van der Waals surface area contributed by atoms with Crippen LogP contribution in [0.4, 0.5) is 11.6 Å². The van der Waals surface area contributed by atoms with E-state index in [0.717, 1.165) is 18.7 Å². The van der Waals surface area contributed by atoms with Crippen molar-refractivity contribution in [3.8, 4) is 0 Å². The fourth-order valence-electron chi connectivity index (χ4n) is 2.62. The molecule has 0 radical (unpaired) electrons. The maximum absolute atomic E-state index is 11.9. The molecule has 1 aromatic heterocycles. The summed E-state index contributed by atoms with van der Waals surface area (Å²) in [7, 11) is 3.84. The van der Waals surface area contributed by atoms with Crippen LogP contribution in [0.2, 0.25) is 0 Å². The molecule has 0 aliphatic heterocycles. The number of hydrogen-bond acceptors (Lipinski definition) is 5. The predicted octanol–water partition coefficient (Wildman–Crippen LogP) is 1.79. The first-order valence-corrected chi connectivity index (χ1v) is 7.68. The zero-order chi connectivity index (χ0) is 15.1. The lowest BCUT2D eigenvalue weighted by Gasteiger charge is -2.22. The van der Waals surface area contributed by atoms with Crippen molar-refractivity contribution in [2.45, 2.75) is 44.6 Å². The first kappa shape index (κ1) is 15.5. The minimum absolute atomic E-state index is 0.115. The molecule has 1 aliphatic carbocycles. The van der Waals surface area contributed by atoms with Gasteiger partial charge in [-0.15, -0.1) is 0 Å². The van der Waals surface area contributed by atoms with Crippen molar-refractivity contribution in [1.29, 1.82) is 0 Å². The molecule has 0 bridgehead atoms. The molecule has 2 N–H and O–H groups in total. The van der Waals surface area contributed by atoms with Gasteiger partial charge in [-0.1, -0.05) is 19.3 Å². The number of hydrogen-bond donors (Lipinski definition) is 2. The van der Waals surface area contributed by atoms with E-state index < -0.39 is 0 Å². The smallest absolute Gasteiger partial charge is 0.221 e. The number of anilines is 2. The van der Waals surface area contributed by atoms with Gasteiger partial charge in [0.15, 0.2) is 11.6 Å². The largest absolute Gasteiger partial charge is 0.366 e. The van der Waals surface area contributed by atoms with Gasteiger partial charge < -0.3 is 15.5 Å². The average molecular weight is 291 g/mol. The van der Waals surface area contributed by atoms with Crippen LogP contribution >= 0.6 is 0 Å². The summed E-state index contributed by atoms with van der Waals surface area (Å²) in [6.45, 7) is 0.568. The SMILES string of the molecule is CN(C)c1nccnc1NCCC(=O)NC1CCCCC1. The summed E-state index contributed by atoms with van der Waals surface area (Å²) in [6.07, 6.45) is 9.77. The third kappa shape index (κ3) is 4.88. The van der Waals surface area contributed by atoms with E-state index in [0.29, 0.717) is 24.8 Å². The van der Waals surface area contributed by atoms with Gasteiger partial charge in [-0.2, -0.15) is 0 Å². The molecule has 21 heavy (non-hydrogen) atoms. The molecule has 1 fully saturated rings. The van der Waals surface area contributed by atoms with Crippen molar-refractivity contribution in [3.63, 3.8) is 0 Å². The van der Waals surface area contributed by atoms with Crippen molar-refractivity contribution in [3.05, 3.63) is 12.4 Å². The molecular formula is C15H25N5O. The second kappa shape index (κ2) is 7.81. The molecule has 0 spiro atoms. The number of amides is 1. The van der Waals surface area contributed by atoms with Gasteiger partial charge in [0, 0.05) is 45.5 Å². The van der Waals surface area contributed by atoms with Gasteiger partial charge in [-0.3, -0.25) is 4.79 Å². The van der Waals surface area contributed by atoms with Crippen molar-refractivity contribution in [2.75, 3.05) is 30.9 Å². The molecule has 1 amide bonds. The number of nitrogens with one attached hydrogen (secondary N) is 2. The minimum Gasteiger partial charge on any atom is -0.366 e. The summed E-state index contributed by atoms with van der Waals surface area (Å²) in [5.41, 5.74) is 0. The maximum Gasteiger partial charge on any atom is 0.221 e. The van der Waals surface area contributed by atoms with Crippen molar-refractivity contribution in [2.24, 2.45) is 0 Å². The molecule has 6 heteroatoms. The van der Waals surface area contributed by atoms with E-state index >= 15 is 0 Å². The molecule has 1 saturated carbocycles. The number of carbonyl (C=O) groups excluding carboxylic acids is 1. The Hall–Kier alpha value is -1.85. The molecule has 0 atom stereocenters. The van der Waals surface area contributed by atoms with Gasteiger partial charge in [0.25, 0.3) is 0 Å². The Kier molecular flexibility index (Phi) is 5.78. The van der Waals surface area contributed by atoms with Crippen LogP contribution in [0, 0.1) is 0 Å². The summed E-state index contributed by atoms with van der Waals surface area (Å²) in [5, 5.41) is 6.30. The Morgan fingerprint density at radius 1 is 1.24 bits per heavy atom. The van der Waals surface area contributed by atoms with Gasteiger partial charge in [0.1, 0.15) is 0 Å². The molecule has 1 heterocycles. The van der Waals surface area contributed by atoms with Crippen LogP contribution in [0.15, 0.2) is 12.4 Å². The maximum atomic E-state index is 11.9. The van der Waals surface area contributed by atoms with Crippen molar-refractivity contribution >= 4 is 17.5 Å². The molecule has 1 aliphatic rings. The number of aromatic nitrogens is 2. The normalized spacial score (nSPS) is 15.5. The lowest BCUT2D eigenvalue weighted by atomic mass is 9.95. The van der Waals surface area contributed by atoms with Gasteiger partial charge in [-0.05, 0) is 12.8 Å². The summed E-state index contributed by atoms with van der Waals surface area (Å²) in [5.74, 6) is 1.61. The number of carbonyl (C=O) groups is 1. The molecule has 0 aromatic carbocycles. The summed E-state index contributed by atoms with van der Waals surface area (Å²) >= 11 is 0. The van der Waals surface area contributed by atoms with Gasteiger partial charge in [0.2, 0.25) is 5.91 Å². The Morgan fingerprint density at radius 2 is 1.95 bits per heavy atom. The highest BCUT2D eigenvalue weighted by Gasteiger charge is 2.15. The fraction of sp³-hybridized carbons (Fsp3) is 0.667. The van der Waals surface area contributed by atoms with Gasteiger partial charge >= 0.3 is 0 Å². The first-order valence-electron chi connectivity index (χ1n) is 7.68. The lowest BCUT2D eigenvalue weighted by molar-refractivity contribution is -0.121. The highest BCUT2D eigenvalue weighted by Crippen LogP contribution is 2.18. The molecule has 0 unspecified atom stereocenters. The van der Waals surface area contributed by atoms with Crippen molar-refractivity contribution < 1.29 is 4.79 Å². The fourth-order valence-corrected chi connectivity index (χ4v) is 2.62. The molecule has 0 saturated heterocycles. The Balaban J connectivity index is 1.75. The second-order valence-corrected chi connectivity index (χ2v) is 5.70. The number of rotatable bonds is 6. The predicted molar refractivity (Wildman–Crippen MR) is 84.5 cm³/mol. The third-order valence-electron chi connectivity index (χ3n) is 3.72. The third-order valence-corrected chi connectivity index (χ3v) is 3.72.